The Bertz CT molecular complexity index is 769. The lowest BCUT2D eigenvalue weighted by molar-refractivity contribution is -0.141. The van der Waals surface area contributed by atoms with Crippen LogP contribution in [0.1, 0.15) is 10.4 Å². The van der Waals surface area contributed by atoms with Gasteiger partial charge in [-0.25, -0.2) is 9.78 Å². The molecule has 0 bridgehead atoms. The summed E-state index contributed by atoms with van der Waals surface area (Å²) < 4.78 is 1.30. The van der Waals surface area contributed by atoms with E-state index in [0.717, 1.165) is 0 Å². The summed E-state index contributed by atoms with van der Waals surface area (Å²) in [5.74, 6) is -0.636. The fourth-order valence-corrected chi connectivity index (χ4v) is 3.89. The van der Waals surface area contributed by atoms with Gasteiger partial charge >= 0.3 is 5.97 Å². The van der Waals surface area contributed by atoms with E-state index >= 15 is 0 Å². The summed E-state index contributed by atoms with van der Waals surface area (Å²) in [6.07, 6.45) is 2.78. The van der Waals surface area contributed by atoms with Crippen LogP contribution in [0.3, 0.4) is 0 Å². The molecule has 1 aliphatic heterocycles. The Morgan fingerprint density at radius 1 is 1.43 bits per heavy atom. The first-order valence-electron chi connectivity index (χ1n) is 6.16. The number of rotatable bonds is 2. The molecule has 7 nitrogen and oxygen atoms in total. The molecule has 3 heterocycles. The van der Waals surface area contributed by atoms with Crippen molar-refractivity contribution in [3.63, 3.8) is 0 Å². The van der Waals surface area contributed by atoms with Crippen LogP contribution in [-0.4, -0.2) is 55.4 Å². The largest absolute Gasteiger partial charge is 0.480 e. The Morgan fingerprint density at radius 3 is 3.00 bits per heavy atom. The van der Waals surface area contributed by atoms with Crippen LogP contribution in [0.2, 0.25) is 0 Å². The number of carboxylic acids is 1. The van der Waals surface area contributed by atoms with Gasteiger partial charge in [0.25, 0.3) is 11.5 Å². The van der Waals surface area contributed by atoms with Crippen LogP contribution in [0.4, 0.5) is 0 Å². The van der Waals surface area contributed by atoms with Gasteiger partial charge in [-0.15, -0.1) is 11.3 Å². The second-order valence-corrected chi connectivity index (χ2v) is 6.48. The molecule has 2 aromatic heterocycles. The number of thiazole rings is 1. The molecule has 1 aliphatic rings. The van der Waals surface area contributed by atoms with Gasteiger partial charge in [-0.1, -0.05) is 0 Å². The van der Waals surface area contributed by atoms with E-state index in [-0.39, 0.29) is 5.56 Å². The molecule has 1 unspecified atom stereocenters. The number of carboxylic acid groups (broad SMARTS) is 1. The molecule has 0 aromatic carbocycles. The van der Waals surface area contributed by atoms with Gasteiger partial charge in [0, 0.05) is 35.8 Å². The molecule has 1 fully saturated rings. The van der Waals surface area contributed by atoms with E-state index in [2.05, 4.69) is 4.98 Å². The summed E-state index contributed by atoms with van der Waals surface area (Å²) >= 11 is 2.78. The van der Waals surface area contributed by atoms with Crippen molar-refractivity contribution in [1.82, 2.24) is 14.3 Å². The number of nitrogens with zero attached hydrogens (tertiary/aromatic N) is 3. The Balaban J connectivity index is 2.01. The molecule has 9 heteroatoms. The summed E-state index contributed by atoms with van der Waals surface area (Å²) in [7, 11) is 0. The number of carbonyl (C=O) groups excluding carboxylic acids is 1. The highest BCUT2D eigenvalue weighted by molar-refractivity contribution is 7.99. The van der Waals surface area contributed by atoms with Crippen molar-refractivity contribution in [2.24, 2.45) is 0 Å². The number of thioether (sulfide) groups is 1. The van der Waals surface area contributed by atoms with Gasteiger partial charge in [-0.2, -0.15) is 11.8 Å². The Labute approximate surface area is 127 Å². The standard InChI is InChI=1S/C12H11N3O4S2/c16-9(14-1-3-20-6-8(14)11(18)19)7-5-13-12-15(10(7)17)2-4-21-12/h2,4-5,8H,1,3,6H2,(H,18,19). The maximum atomic E-state index is 12.5. The number of aliphatic carboxylic acids is 1. The van der Waals surface area contributed by atoms with E-state index in [0.29, 0.717) is 23.0 Å². The zero-order valence-corrected chi connectivity index (χ0v) is 12.4. The van der Waals surface area contributed by atoms with E-state index in [1.165, 1.54) is 38.6 Å². The lowest BCUT2D eigenvalue weighted by Crippen LogP contribution is -2.51. The van der Waals surface area contributed by atoms with E-state index in [4.69, 9.17) is 0 Å². The predicted molar refractivity (Wildman–Crippen MR) is 79.1 cm³/mol. The number of amides is 1. The third-order valence-corrected chi connectivity index (χ3v) is 5.04. The third-order valence-electron chi connectivity index (χ3n) is 3.25. The van der Waals surface area contributed by atoms with Crippen molar-refractivity contribution >= 4 is 39.9 Å². The summed E-state index contributed by atoms with van der Waals surface area (Å²) in [5.41, 5.74) is -0.558. The lowest BCUT2D eigenvalue weighted by atomic mass is 10.2. The van der Waals surface area contributed by atoms with Crippen LogP contribution >= 0.6 is 23.1 Å². The highest BCUT2D eigenvalue weighted by Gasteiger charge is 2.34. The molecule has 1 atom stereocenters. The minimum Gasteiger partial charge on any atom is -0.480 e. The molecule has 0 radical (unpaired) electrons. The highest BCUT2D eigenvalue weighted by atomic mass is 32.2. The van der Waals surface area contributed by atoms with Gasteiger partial charge in [0.2, 0.25) is 0 Å². The zero-order chi connectivity index (χ0) is 15.0. The quantitative estimate of drug-likeness (QED) is 0.859. The molecule has 0 spiro atoms. The van der Waals surface area contributed by atoms with Crippen molar-refractivity contribution in [3.8, 4) is 0 Å². The van der Waals surface area contributed by atoms with Crippen LogP contribution in [0, 0.1) is 0 Å². The van der Waals surface area contributed by atoms with Gasteiger partial charge in [0.15, 0.2) is 4.96 Å². The van der Waals surface area contributed by atoms with E-state index < -0.39 is 23.5 Å². The monoisotopic (exact) mass is 325 g/mol. The molecule has 0 saturated carbocycles. The Kier molecular flexibility index (Phi) is 3.68. The molecule has 110 valence electrons. The van der Waals surface area contributed by atoms with E-state index in [1.54, 1.807) is 11.6 Å². The maximum absolute atomic E-state index is 12.5. The number of hydrogen-bond donors (Lipinski definition) is 1. The van der Waals surface area contributed by atoms with E-state index in [1.807, 2.05) is 0 Å². The fraction of sp³-hybridized carbons (Fsp3) is 0.333. The topological polar surface area (TPSA) is 92.0 Å². The zero-order valence-electron chi connectivity index (χ0n) is 10.8. The normalized spacial score (nSPS) is 18.9. The van der Waals surface area contributed by atoms with Crippen LogP contribution < -0.4 is 5.56 Å². The molecule has 1 N–H and O–H groups in total. The van der Waals surface area contributed by atoms with Crippen molar-refractivity contribution in [3.05, 3.63) is 33.7 Å². The van der Waals surface area contributed by atoms with Crippen molar-refractivity contribution < 1.29 is 14.7 Å². The summed E-state index contributed by atoms with van der Waals surface area (Å²) in [4.78, 5) is 41.9. The predicted octanol–water partition coefficient (Wildman–Crippen LogP) is 0.398. The SMILES string of the molecule is O=C(O)C1CSCCN1C(=O)c1cnc2sccn2c1=O. The third kappa shape index (κ3) is 2.42. The minimum absolute atomic E-state index is 0.0935. The molecule has 1 saturated heterocycles. The Hall–Kier alpha value is -1.87. The minimum atomic E-state index is -1.06. The second-order valence-electron chi connectivity index (χ2n) is 4.46. The summed E-state index contributed by atoms with van der Waals surface area (Å²) in [5, 5.41) is 10.9. The van der Waals surface area contributed by atoms with Crippen molar-refractivity contribution in [1.29, 1.82) is 0 Å². The average Bonchev–Trinajstić information content (AvgIpc) is 2.96. The summed E-state index contributed by atoms with van der Waals surface area (Å²) in [6.45, 7) is 0.312. The average molecular weight is 325 g/mol. The number of aromatic nitrogens is 2. The fourth-order valence-electron chi connectivity index (χ4n) is 2.18. The Morgan fingerprint density at radius 2 is 2.24 bits per heavy atom. The molecule has 2 aromatic rings. The smallest absolute Gasteiger partial charge is 0.327 e. The van der Waals surface area contributed by atoms with E-state index in [9.17, 15) is 19.5 Å². The molecular weight excluding hydrogens is 314 g/mol. The van der Waals surface area contributed by atoms with Gasteiger partial charge in [0.05, 0.1) is 0 Å². The second kappa shape index (κ2) is 5.49. The number of hydrogen-bond acceptors (Lipinski definition) is 6. The van der Waals surface area contributed by atoms with Gasteiger partial charge in [0.1, 0.15) is 11.6 Å². The molecule has 0 aliphatic carbocycles. The van der Waals surface area contributed by atoms with Gasteiger partial charge in [-0.3, -0.25) is 14.0 Å². The maximum Gasteiger partial charge on any atom is 0.327 e. The van der Waals surface area contributed by atoms with Gasteiger partial charge < -0.3 is 10.0 Å². The summed E-state index contributed by atoms with van der Waals surface area (Å²) in [6, 6.07) is -0.904. The van der Waals surface area contributed by atoms with Crippen LogP contribution in [0.15, 0.2) is 22.6 Å². The first-order valence-corrected chi connectivity index (χ1v) is 8.19. The van der Waals surface area contributed by atoms with Crippen molar-refractivity contribution in [2.45, 2.75) is 6.04 Å². The molecule has 21 heavy (non-hydrogen) atoms. The van der Waals surface area contributed by atoms with Crippen LogP contribution in [-0.2, 0) is 4.79 Å². The first-order chi connectivity index (χ1) is 10.1. The number of fused-ring (bicyclic) bond motifs is 1. The molecule has 1 amide bonds. The van der Waals surface area contributed by atoms with Crippen LogP contribution in [0.5, 0.6) is 0 Å². The van der Waals surface area contributed by atoms with Gasteiger partial charge in [-0.05, 0) is 0 Å². The molecule has 3 rings (SSSR count). The van der Waals surface area contributed by atoms with Crippen molar-refractivity contribution in [2.75, 3.05) is 18.1 Å². The molecular formula is C12H11N3O4S2. The number of carbonyl (C=O) groups is 2. The van der Waals surface area contributed by atoms with Crippen LogP contribution in [0.25, 0.3) is 4.96 Å². The first kappa shape index (κ1) is 14.1. The highest BCUT2D eigenvalue weighted by Crippen LogP contribution is 2.18. The lowest BCUT2D eigenvalue weighted by Gasteiger charge is -2.32.